The van der Waals surface area contributed by atoms with Crippen molar-refractivity contribution in [2.75, 3.05) is 13.2 Å². The first-order valence-corrected chi connectivity index (χ1v) is 8.10. The second kappa shape index (κ2) is 7.66. The molecule has 118 valence electrons. The van der Waals surface area contributed by atoms with Crippen LogP contribution in [-0.4, -0.2) is 13.2 Å². The van der Waals surface area contributed by atoms with E-state index in [1.165, 1.54) is 16.7 Å². The maximum Gasteiger partial charge on any atom is 0.122 e. The number of halogens is 1. The SMILES string of the molecule is CCOc1ccc(Cl)cc1C(CN)Cc1cc(C)cc(C)c1. The summed E-state index contributed by atoms with van der Waals surface area (Å²) in [6.45, 7) is 7.43. The van der Waals surface area contributed by atoms with Gasteiger partial charge in [-0.3, -0.25) is 0 Å². The normalized spacial score (nSPS) is 12.2. The molecule has 0 aliphatic rings. The lowest BCUT2D eigenvalue weighted by Gasteiger charge is -2.20. The third-order valence-electron chi connectivity index (χ3n) is 3.76. The molecule has 3 heteroatoms. The summed E-state index contributed by atoms with van der Waals surface area (Å²) in [6, 6.07) is 12.4. The molecule has 0 saturated carbocycles. The van der Waals surface area contributed by atoms with Crippen LogP contribution in [0.2, 0.25) is 5.02 Å². The quantitative estimate of drug-likeness (QED) is 0.842. The molecule has 1 atom stereocenters. The highest BCUT2D eigenvalue weighted by molar-refractivity contribution is 6.30. The van der Waals surface area contributed by atoms with Crippen LogP contribution >= 0.6 is 11.6 Å². The maximum atomic E-state index is 6.18. The smallest absolute Gasteiger partial charge is 0.122 e. The molecule has 2 rings (SSSR count). The van der Waals surface area contributed by atoms with Gasteiger partial charge >= 0.3 is 0 Å². The Bertz CT molecular complexity index is 619. The topological polar surface area (TPSA) is 35.2 Å². The summed E-state index contributed by atoms with van der Waals surface area (Å²) in [5, 5.41) is 0.720. The second-order valence-electron chi connectivity index (χ2n) is 5.75. The highest BCUT2D eigenvalue weighted by Crippen LogP contribution is 2.32. The van der Waals surface area contributed by atoms with Crippen molar-refractivity contribution in [3.63, 3.8) is 0 Å². The molecule has 0 spiro atoms. The number of hydrogen-bond acceptors (Lipinski definition) is 2. The fourth-order valence-corrected chi connectivity index (χ4v) is 3.10. The summed E-state index contributed by atoms with van der Waals surface area (Å²) in [6.07, 6.45) is 0.888. The van der Waals surface area contributed by atoms with Gasteiger partial charge in [-0.15, -0.1) is 0 Å². The van der Waals surface area contributed by atoms with E-state index >= 15 is 0 Å². The first kappa shape index (κ1) is 16.9. The lowest BCUT2D eigenvalue weighted by Crippen LogP contribution is -2.16. The van der Waals surface area contributed by atoms with Gasteiger partial charge in [0.25, 0.3) is 0 Å². The minimum Gasteiger partial charge on any atom is -0.494 e. The van der Waals surface area contributed by atoms with Crippen molar-refractivity contribution >= 4 is 11.6 Å². The van der Waals surface area contributed by atoms with Crippen molar-refractivity contribution in [2.24, 2.45) is 5.73 Å². The van der Waals surface area contributed by atoms with E-state index in [0.29, 0.717) is 13.2 Å². The molecule has 0 radical (unpaired) electrons. The Kier molecular flexibility index (Phi) is 5.87. The van der Waals surface area contributed by atoms with Crippen molar-refractivity contribution in [3.8, 4) is 5.75 Å². The highest BCUT2D eigenvalue weighted by atomic mass is 35.5. The molecule has 2 aromatic rings. The van der Waals surface area contributed by atoms with Gasteiger partial charge in [0.15, 0.2) is 0 Å². The van der Waals surface area contributed by atoms with Gasteiger partial charge in [0.1, 0.15) is 5.75 Å². The molecule has 2 aromatic carbocycles. The summed E-state index contributed by atoms with van der Waals surface area (Å²) in [7, 11) is 0. The molecule has 0 fully saturated rings. The predicted molar refractivity (Wildman–Crippen MR) is 94.0 cm³/mol. The lowest BCUT2D eigenvalue weighted by atomic mass is 9.90. The van der Waals surface area contributed by atoms with Crippen LogP contribution in [0.3, 0.4) is 0 Å². The Morgan fingerprint density at radius 2 is 1.77 bits per heavy atom. The standard InChI is InChI=1S/C19H24ClNO/c1-4-22-19-6-5-17(20)11-18(19)16(12-21)10-15-8-13(2)7-14(3)9-15/h5-9,11,16H,4,10,12,21H2,1-3H3. The summed E-state index contributed by atoms with van der Waals surface area (Å²) in [5.74, 6) is 1.08. The van der Waals surface area contributed by atoms with Gasteiger partial charge in [0, 0.05) is 16.5 Å². The van der Waals surface area contributed by atoms with E-state index in [2.05, 4.69) is 32.0 Å². The zero-order valence-electron chi connectivity index (χ0n) is 13.5. The van der Waals surface area contributed by atoms with Crippen LogP contribution in [0.4, 0.5) is 0 Å². The number of nitrogens with two attached hydrogens (primary N) is 1. The molecule has 2 N–H and O–H groups in total. The number of rotatable bonds is 6. The van der Waals surface area contributed by atoms with E-state index in [4.69, 9.17) is 22.1 Å². The molecule has 0 heterocycles. The third kappa shape index (κ3) is 4.25. The molecule has 0 aromatic heterocycles. The molecular weight excluding hydrogens is 294 g/mol. The predicted octanol–water partition coefficient (Wildman–Crippen LogP) is 4.64. The number of benzene rings is 2. The largest absolute Gasteiger partial charge is 0.494 e. The van der Waals surface area contributed by atoms with Crippen LogP contribution in [0.25, 0.3) is 0 Å². The first-order valence-electron chi connectivity index (χ1n) is 7.73. The molecular formula is C19H24ClNO. The molecule has 2 nitrogen and oxygen atoms in total. The first-order chi connectivity index (χ1) is 10.5. The van der Waals surface area contributed by atoms with E-state index in [1.807, 2.05) is 25.1 Å². The number of aryl methyl sites for hydroxylation is 2. The molecule has 0 amide bonds. The fourth-order valence-electron chi connectivity index (χ4n) is 2.92. The Balaban J connectivity index is 2.33. The molecule has 0 bridgehead atoms. The Labute approximate surface area is 138 Å². The van der Waals surface area contributed by atoms with Crippen LogP contribution in [0.1, 0.15) is 35.1 Å². The molecule has 0 aliphatic heterocycles. The average molecular weight is 318 g/mol. The van der Waals surface area contributed by atoms with Gasteiger partial charge in [-0.05, 0) is 57.5 Å². The van der Waals surface area contributed by atoms with E-state index in [0.717, 1.165) is 22.8 Å². The Morgan fingerprint density at radius 1 is 1.09 bits per heavy atom. The van der Waals surface area contributed by atoms with E-state index in [9.17, 15) is 0 Å². The summed E-state index contributed by atoms with van der Waals surface area (Å²) in [5.41, 5.74) is 11.0. The van der Waals surface area contributed by atoms with Crippen LogP contribution < -0.4 is 10.5 Å². The van der Waals surface area contributed by atoms with Gasteiger partial charge in [0.05, 0.1) is 6.61 Å². The monoisotopic (exact) mass is 317 g/mol. The molecule has 22 heavy (non-hydrogen) atoms. The fraction of sp³-hybridized carbons (Fsp3) is 0.368. The molecule has 0 saturated heterocycles. The van der Waals surface area contributed by atoms with Crippen molar-refractivity contribution in [1.82, 2.24) is 0 Å². The minimum atomic E-state index is 0.196. The van der Waals surface area contributed by atoms with E-state index in [1.54, 1.807) is 0 Å². The van der Waals surface area contributed by atoms with Gasteiger partial charge in [-0.1, -0.05) is 40.9 Å². The zero-order chi connectivity index (χ0) is 16.1. The van der Waals surface area contributed by atoms with Crippen LogP contribution in [0.15, 0.2) is 36.4 Å². The summed E-state index contributed by atoms with van der Waals surface area (Å²) in [4.78, 5) is 0. The average Bonchev–Trinajstić information content (AvgIpc) is 2.46. The Hall–Kier alpha value is -1.51. The number of ether oxygens (including phenoxy) is 1. The van der Waals surface area contributed by atoms with Gasteiger partial charge in [-0.25, -0.2) is 0 Å². The van der Waals surface area contributed by atoms with Gasteiger partial charge in [-0.2, -0.15) is 0 Å². The molecule has 1 unspecified atom stereocenters. The molecule has 0 aliphatic carbocycles. The lowest BCUT2D eigenvalue weighted by molar-refractivity contribution is 0.334. The van der Waals surface area contributed by atoms with Crippen molar-refractivity contribution in [3.05, 3.63) is 63.7 Å². The zero-order valence-corrected chi connectivity index (χ0v) is 14.3. The summed E-state index contributed by atoms with van der Waals surface area (Å²) < 4.78 is 5.75. The van der Waals surface area contributed by atoms with E-state index in [-0.39, 0.29) is 5.92 Å². The second-order valence-corrected chi connectivity index (χ2v) is 6.18. The van der Waals surface area contributed by atoms with E-state index < -0.39 is 0 Å². The Morgan fingerprint density at radius 3 is 2.36 bits per heavy atom. The summed E-state index contributed by atoms with van der Waals surface area (Å²) >= 11 is 6.18. The maximum absolute atomic E-state index is 6.18. The van der Waals surface area contributed by atoms with Crippen LogP contribution in [0, 0.1) is 13.8 Å². The van der Waals surface area contributed by atoms with Crippen LogP contribution in [-0.2, 0) is 6.42 Å². The highest BCUT2D eigenvalue weighted by Gasteiger charge is 2.16. The van der Waals surface area contributed by atoms with Gasteiger partial charge in [0.2, 0.25) is 0 Å². The van der Waals surface area contributed by atoms with Crippen LogP contribution in [0.5, 0.6) is 5.75 Å². The minimum absolute atomic E-state index is 0.196. The van der Waals surface area contributed by atoms with Crippen molar-refractivity contribution in [1.29, 1.82) is 0 Å². The number of hydrogen-bond donors (Lipinski definition) is 1. The third-order valence-corrected chi connectivity index (χ3v) is 3.99. The van der Waals surface area contributed by atoms with Gasteiger partial charge < -0.3 is 10.5 Å². The van der Waals surface area contributed by atoms with Crippen molar-refractivity contribution < 1.29 is 4.74 Å². The van der Waals surface area contributed by atoms with Crippen molar-refractivity contribution in [2.45, 2.75) is 33.1 Å².